The normalized spacial score (nSPS) is 12.3. The van der Waals surface area contributed by atoms with E-state index in [1.54, 1.807) is 13.8 Å². The molecule has 4 rings (SSSR count). The minimum atomic E-state index is -4.69. The van der Waals surface area contributed by atoms with Gasteiger partial charge in [0.25, 0.3) is 0 Å². The Morgan fingerprint density at radius 1 is 0.829 bits per heavy atom. The minimum absolute atomic E-state index is 0.0151. The van der Waals surface area contributed by atoms with E-state index < -0.39 is 29.2 Å². The predicted molar refractivity (Wildman–Crippen MR) is 115 cm³/mol. The van der Waals surface area contributed by atoms with E-state index in [9.17, 15) is 26.3 Å². The summed E-state index contributed by atoms with van der Waals surface area (Å²) >= 11 is 0. The van der Waals surface area contributed by atoms with Gasteiger partial charge in [-0.1, -0.05) is 0 Å². The van der Waals surface area contributed by atoms with Gasteiger partial charge in [0, 0.05) is 12.2 Å². The maximum absolute atomic E-state index is 13.3. The fraction of sp³-hybridized carbons (Fsp3) is 0.238. The van der Waals surface area contributed by atoms with Gasteiger partial charge >= 0.3 is 12.4 Å². The molecule has 8 nitrogen and oxygen atoms in total. The van der Waals surface area contributed by atoms with Crippen molar-refractivity contribution in [2.75, 3.05) is 10.6 Å². The Morgan fingerprint density at radius 3 is 2.26 bits per heavy atom. The summed E-state index contributed by atoms with van der Waals surface area (Å²) in [5, 5.41) is 12.6. The van der Waals surface area contributed by atoms with Gasteiger partial charge in [0.1, 0.15) is 28.5 Å². The molecule has 35 heavy (non-hydrogen) atoms. The Labute approximate surface area is 193 Å². The maximum atomic E-state index is 13.3. The summed E-state index contributed by atoms with van der Waals surface area (Å²) in [7, 11) is 0. The zero-order valence-electron chi connectivity index (χ0n) is 18.1. The first-order valence-electron chi connectivity index (χ1n) is 10.1. The number of rotatable bonds is 5. The van der Waals surface area contributed by atoms with Gasteiger partial charge in [0.2, 0.25) is 0 Å². The van der Waals surface area contributed by atoms with E-state index in [1.165, 1.54) is 12.3 Å². The van der Waals surface area contributed by atoms with Crippen LogP contribution in [0.5, 0.6) is 0 Å². The van der Waals surface area contributed by atoms with Gasteiger partial charge in [0.05, 0.1) is 29.2 Å². The van der Waals surface area contributed by atoms with E-state index in [1.807, 2.05) is 0 Å². The van der Waals surface area contributed by atoms with Crippen LogP contribution in [0.2, 0.25) is 0 Å². The Hall–Kier alpha value is -4.10. The van der Waals surface area contributed by atoms with Crippen molar-refractivity contribution in [1.29, 1.82) is 0 Å². The topological polar surface area (TPSA) is 101 Å². The highest BCUT2D eigenvalue weighted by Gasteiger charge is 2.36. The number of hydrogen-bond acceptors (Lipinski definition) is 8. The number of nitrogens with one attached hydrogen (secondary N) is 2. The van der Waals surface area contributed by atoms with Gasteiger partial charge in [-0.05, 0) is 38.1 Å². The highest BCUT2D eigenvalue weighted by Crippen LogP contribution is 2.37. The van der Waals surface area contributed by atoms with Crippen LogP contribution in [0.15, 0.2) is 42.9 Å². The molecule has 182 valence electrons. The maximum Gasteiger partial charge on any atom is 0.419 e. The number of nitrogens with zero attached hydrogens (tertiary/aromatic N) is 6. The zero-order valence-corrected chi connectivity index (χ0v) is 18.1. The van der Waals surface area contributed by atoms with Crippen LogP contribution in [0, 0.1) is 0 Å². The van der Waals surface area contributed by atoms with Crippen molar-refractivity contribution in [1.82, 2.24) is 30.1 Å². The quantitative estimate of drug-likeness (QED) is 0.352. The molecule has 0 amide bonds. The molecule has 0 saturated heterocycles. The third-order valence-corrected chi connectivity index (χ3v) is 4.60. The smallest absolute Gasteiger partial charge is 0.367 e. The molecule has 0 saturated carbocycles. The Kier molecular flexibility index (Phi) is 6.13. The summed E-state index contributed by atoms with van der Waals surface area (Å²) in [6.07, 6.45) is -5.97. The number of aromatic nitrogens is 6. The molecule has 2 N–H and O–H groups in total. The minimum Gasteiger partial charge on any atom is -0.367 e. The molecule has 14 heteroatoms. The zero-order chi connectivity index (χ0) is 25.4. The van der Waals surface area contributed by atoms with E-state index in [2.05, 4.69) is 40.8 Å². The molecule has 0 spiro atoms. The summed E-state index contributed by atoms with van der Waals surface area (Å²) in [5.74, 6) is -0.278. The lowest BCUT2D eigenvalue weighted by molar-refractivity contribution is -0.138. The van der Waals surface area contributed by atoms with Crippen molar-refractivity contribution in [2.45, 2.75) is 32.2 Å². The van der Waals surface area contributed by atoms with Gasteiger partial charge < -0.3 is 10.6 Å². The molecule has 4 aromatic heterocycles. The summed E-state index contributed by atoms with van der Waals surface area (Å²) in [4.78, 5) is 16.4. The molecule has 0 radical (unpaired) electrons. The lowest BCUT2D eigenvalue weighted by atomic mass is 10.1. The molecule has 0 bridgehead atoms. The van der Waals surface area contributed by atoms with Crippen molar-refractivity contribution < 1.29 is 26.3 Å². The average Bonchev–Trinajstić information content (AvgIpc) is 2.77. The second kappa shape index (κ2) is 8.92. The summed E-state index contributed by atoms with van der Waals surface area (Å²) in [6, 6.07) is 3.98. The van der Waals surface area contributed by atoms with Crippen molar-refractivity contribution in [3.8, 4) is 11.4 Å². The van der Waals surface area contributed by atoms with E-state index in [0.717, 1.165) is 30.6 Å². The van der Waals surface area contributed by atoms with Crippen LogP contribution in [0.4, 0.5) is 43.7 Å². The monoisotopic (exact) mass is 494 g/mol. The first-order valence-corrected chi connectivity index (χ1v) is 10.1. The largest absolute Gasteiger partial charge is 0.419 e. The molecular weight excluding hydrogens is 478 g/mol. The summed E-state index contributed by atoms with van der Waals surface area (Å²) in [6.45, 7) is 3.35. The molecule has 0 aliphatic rings. The number of hydrogen-bond donors (Lipinski definition) is 2. The molecule has 0 aromatic carbocycles. The average molecular weight is 494 g/mol. The van der Waals surface area contributed by atoms with Gasteiger partial charge in [0.15, 0.2) is 5.65 Å². The van der Waals surface area contributed by atoms with Crippen molar-refractivity contribution in [2.24, 2.45) is 0 Å². The number of fused-ring (bicyclic) bond motifs is 1. The lowest BCUT2D eigenvalue weighted by Gasteiger charge is -2.17. The lowest BCUT2D eigenvalue weighted by Crippen LogP contribution is -2.17. The Balaban J connectivity index is 1.73. The standard InChI is InChI=1S/C21H16F6N8/c1-10(2)31-18-12(21(25,26)27)3-4-15(34-18)32-13-6-7-28-19-17(13)29-9-14(33-19)16-11(20(22,23)24)5-8-30-35-16/h3-10H,1-2H3,(H2,28,31,32,33,34). The third-order valence-electron chi connectivity index (χ3n) is 4.60. The van der Waals surface area contributed by atoms with E-state index in [0.29, 0.717) is 0 Å². The van der Waals surface area contributed by atoms with Crippen LogP contribution in [0.1, 0.15) is 25.0 Å². The van der Waals surface area contributed by atoms with Gasteiger partial charge in [-0.3, -0.25) is 0 Å². The number of alkyl halides is 6. The Bertz CT molecular complexity index is 1370. The molecule has 4 aromatic rings. The van der Waals surface area contributed by atoms with Crippen LogP contribution >= 0.6 is 0 Å². The van der Waals surface area contributed by atoms with Gasteiger partial charge in [-0.15, -0.1) is 5.10 Å². The molecule has 0 aliphatic heterocycles. The van der Waals surface area contributed by atoms with Gasteiger partial charge in [-0.25, -0.2) is 19.9 Å². The second-order valence-electron chi connectivity index (χ2n) is 7.59. The first-order chi connectivity index (χ1) is 16.4. The highest BCUT2D eigenvalue weighted by atomic mass is 19.4. The predicted octanol–water partition coefficient (Wildman–Crippen LogP) is 5.48. The molecule has 0 aliphatic carbocycles. The third kappa shape index (κ3) is 5.20. The van der Waals surface area contributed by atoms with Crippen LogP contribution in [-0.2, 0) is 12.4 Å². The number of anilines is 3. The summed E-state index contributed by atoms with van der Waals surface area (Å²) in [5.41, 5.74) is -2.23. The molecule has 4 heterocycles. The van der Waals surface area contributed by atoms with Crippen molar-refractivity contribution in [3.05, 3.63) is 54.0 Å². The summed E-state index contributed by atoms with van der Waals surface area (Å²) < 4.78 is 80.0. The Morgan fingerprint density at radius 2 is 1.57 bits per heavy atom. The number of pyridine rings is 2. The van der Waals surface area contributed by atoms with Crippen LogP contribution in [0.25, 0.3) is 22.6 Å². The van der Waals surface area contributed by atoms with Crippen molar-refractivity contribution in [3.63, 3.8) is 0 Å². The second-order valence-corrected chi connectivity index (χ2v) is 7.59. The van der Waals surface area contributed by atoms with Crippen molar-refractivity contribution >= 4 is 28.5 Å². The van der Waals surface area contributed by atoms with E-state index in [-0.39, 0.29) is 40.2 Å². The van der Waals surface area contributed by atoms with E-state index >= 15 is 0 Å². The molecule has 0 fully saturated rings. The highest BCUT2D eigenvalue weighted by molar-refractivity contribution is 5.87. The van der Waals surface area contributed by atoms with Gasteiger partial charge in [-0.2, -0.15) is 31.4 Å². The number of halogens is 6. The van der Waals surface area contributed by atoms with Crippen LogP contribution in [-0.4, -0.2) is 36.2 Å². The van der Waals surface area contributed by atoms with Crippen LogP contribution in [0.3, 0.4) is 0 Å². The van der Waals surface area contributed by atoms with E-state index in [4.69, 9.17) is 0 Å². The van der Waals surface area contributed by atoms with Crippen LogP contribution < -0.4 is 10.6 Å². The fourth-order valence-corrected chi connectivity index (χ4v) is 3.16. The fourth-order valence-electron chi connectivity index (χ4n) is 3.16. The SMILES string of the molecule is CC(C)Nc1nc(Nc2ccnc3nc(-c4nnccc4C(F)(F)F)cnc23)ccc1C(F)(F)F. The first kappa shape index (κ1) is 24.0. The molecular formula is C21H16F6N8. The molecule has 0 atom stereocenters. The molecule has 0 unspecified atom stereocenters.